The minimum Gasteiger partial charge on any atom is -0.482 e. The lowest BCUT2D eigenvalue weighted by Gasteiger charge is -2.11. The fourth-order valence-electron chi connectivity index (χ4n) is 1.35. The number of ether oxygens (including phenoxy) is 1. The van der Waals surface area contributed by atoms with Crippen LogP contribution in [0.15, 0.2) is 24.3 Å². The molecule has 0 heterocycles. The van der Waals surface area contributed by atoms with E-state index in [4.69, 9.17) is 14.9 Å². The predicted molar refractivity (Wildman–Crippen MR) is 70.2 cm³/mol. The van der Waals surface area contributed by atoms with Gasteiger partial charge in [0.2, 0.25) is 0 Å². The number of benzene rings is 1. The molecule has 0 fully saturated rings. The summed E-state index contributed by atoms with van der Waals surface area (Å²) in [5.41, 5.74) is 0.870. The average molecular weight is 276 g/mol. The Balaban J connectivity index is 0.00000289. The Hall–Kier alpha value is -1.30. The smallest absolute Gasteiger partial charge is 0.341 e. The number of hydrogen-bond acceptors (Lipinski definition) is 4. The fourth-order valence-corrected chi connectivity index (χ4v) is 1.35. The third kappa shape index (κ3) is 6.44. The molecule has 5 nitrogen and oxygen atoms in total. The van der Waals surface area contributed by atoms with E-state index in [1.165, 1.54) is 0 Å². The molecule has 0 aliphatic carbocycles. The molecule has 3 N–H and O–H groups in total. The summed E-state index contributed by atoms with van der Waals surface area (Å²) in [6.07, 6.45) is -0.415. The van der Waals surface area contributed by atoms with Crippen molar-refractivity contribution in [2.24, 2.45) is 0 Å². The summed E-state index contributed by atoms with van der Waals surface area (Å²) >= 11 is 0. The average Bonchev–Trinajstić information content (AvgIpc) is 2.27. The van der Waals surface area contributed by atoms with Gasteiger partial charge in [-0.3, -0.25) is 0 Å². The molecule has 0 saturated heterocycles. The molecule has 0 spiro atoms. The maximum atomic E-state index is 10.4. The summed E-state index contributed by atoms with van der Waals surface area (Å²) < 4.78 is 5.15. The first kappa shape index (κ1) is 16.7. The quantitative estimate of drug-likeness (QED) is 0.693. The maximum Gasteiger partial charge on any atom is 0.341 e. The summed E-state index contributed by atoms with van der Waals surface area (Å²) in [6.45, 7) is 2.35. The topological polar surface area (TPSA) is 78.8 Å². The molecule has 102 valence electrons. The number of carbonyl (C=O) groups is 1. The van der Waals surface area contributed by atoms with Gasteiger partial charge in [0.15, 0.2) is 6.61 Å². The lowest BCUT2D eigenvalue weighted by atomic mass is 10.2. The molecular formula is C12H18ClNO4. The van der Waals surface area contributed by atoms with Crippen molar-refractivity contribution in [3.05, 3.63) is 29.8 Å². The zero-order valence-electron chi connectivity index (χ0n) is 10.1. The number of nitrogens with one attached hydrogen (secondary N) is 1. The first-order valence-electron chi connectivity index (χ1n) is 5.41. The van der Waals surface area contributed by atoms with E-state index in [1.807, 2.05) is 12.1 Å². The van der Waals surface area contributed by atoms with Crippen LogP contribution in [0.25, 0.3) is 0 Å². The minimum atomic E-state index is -1.00. The predicted octanol–water partition coefficient (Wildman–Crippen LogP) is 1.04. The molecule has 1 aromatic rings. The van der Waals surface area contributed by atoms with Gasteiger partial charge in [-0.2, -0.15) is 0 Å². The van der Waals surface area contributed by atoms with Gasteiger partial charge in [-0.15, -0.1) is 12.4 Å². The lowest BCUT2D eigenvalue weighted by Crippen LogP contribution is -2.24. The van der Waals surface area contributed by atoms with Gasteiger partial charge in [-0.25, -0.2) is 4.79 Å². The summed E-state index contributed by atoms with van der Waals surface area (Å²) in [5.74, 6) is -0.454. The zero-order valence-corrected chi connectivity index (χ0v) is 10.9. The largest absolute Gasteiger partial charge is 0.482 e. The highest BCUT2D eigenvalue weighted by Crippen LogP contribution is 2.17. The molecule has 0 aliphatic heterocycles. The first-order chi connectivity index (χ1) is 8.09. The zero-order chi connectivity index (χ0) is 12.7. The SMILES string of the molecule is CC(O)CNCc1ccccc1OCC(=O)O.Cl. The number of hydrogen-bond donors (Lipinski definition) is 3. The molecular weight excluding hydrogens is 258 g/mol. The van der Waals surface area contributed by atoms with E-state index in [1.54, 1.807) is 19.1 Å². The van der Waals surface area contributed by atoms with Crippen molar-refractivity contribution in [2.75, 3.05) is 13.2 Å². The van der Waals surface area contributed by atoms with E-state index in [9.17, 15) is 4.79 Å². The molecule has 1 aromatic carbocycles. The number of para-hydroxylation sites is 1. The van der Waals surface area contributed by atoms with Gasteiger partial charge in [-0.05, 0) is 13.0 Å². The third-order valence-corrected chi connectivity index (χ3v) is 2.08. The molecule has 6 heteroatoms. The highest BCUT2D eigenvalue weighted by atomic mass is 35.5. The van der Waals surface area contributed by atoms with Crippen LogP contribution in [0, 0.1) is 0 Å². The van der Waals surface area contributed by atoms with Gasteiger partial charge in [-0.1, -0.05) is 18.2 Å². The van der Waals surface area contributed by atoms with Crippen molar-refractivity contribution in [1.82, 2.24) is 5.32 Å². The normalized spacial score (nSPS) is 11.4. The molecule has 1 rings (SSSR count). The van der Waals surface area contributed by atoms with Crippen LogP contribution in [0.4, 0.5) is 0 Å². The van der Waals surface area contributed by atoms with E-state index >= 15 is 0 Å². The Labute approximate surface area is 112 Å². The highest BCUT2D eigenvalue weighted by Gasteiger charge is 2.05. The van der Waals surface area contributed by atoms with Gasteiger partial charge < -0.3 is 20.3 Å². The Morgan fingerprint density at radius 3 is 2.72 bits per heavy atom. The van der Waals surface area contributed by atoms with E-state index in [0.717, 1.165) is 5.56 Å². The van der Waals surface area contributed by atoms with Crippen LogP contribution in [-0.2, 0) is 11.3 Å². The number of carboxylic acids is 1. The number of aliphatic carboxylic acids is 1. The number of rotatable bonds is 7. The Morgan fingerprint density at radius 1 is 1.44 bits per heavy atom. The van der Waals surface area contributed by atoms with Crippen LogP contribution < -0.4 is 10.1 Å². The summed E-state index contributed by atoms with van der Waals surface area (Å²) in [6, 6.07) is 7.22. The molecule has 0 amide bonds. The summed E-state index contributed by atoms with van der Waals surface area (Å²) in [7, 11) is 0. The van der Waals surface area contributed by atoms with Gasteiger partial charge in [0.25, 0.3) is 0 Å². The second-order valence-electron chi connectivity index (χ2n) is 3.77. The van der Waals surface area contributed by atoms with Crippen molar-refractivity contribution in [1.29, 1.82) is 0 Å². The molecule has 0 radical (unpaired) electrons. The molecule has 0 aromatic heterocycles. The molecule has 0 aliphatic rings. The molecule has 0 saturated carbocycles. The second-order valence-corrected chi connectivity index (χ2v) is 3.77. The van der Waals surface area contributed by atoms with Crippen molar-refractivity contribution < 1.29 is 19.7 Å². The second kappa shape index (κ2) is 8.74. The van der Waals surface area contributed by atoms with Crippen LogP contribution in [0.3, 0.4) is 0 Å². The van der Waals surface area contributed by atoms with Gasteiger partial charge in [0.05, 0.1) is 6.10 Å². The monoisotopic (exact) mass is 275 g/mol. The number of carboxylic acid groups (broad SMARTS) is 1. The van der Waals surface area contributed by atoms with Crippen molar-refractivity contribution in [3.63, 3.8) is 0 Å². The van der Waals surface area contributed by atoms with Crippen LogP contribution in [0.1, 0.15) is 12.5 Å². The van der Waals surface area contributed by atoms with Crippen LogP contribution in [0.5, 0.6) is 5.75 Å². The Kier molecular flexibility index (Phi) is 8.11. The van der Waals surface area contributed by atoms with Crippen molar-refractivity contribution >= 4 is 18.4 Å². The van der Waals surface area contributed by atoms with Gasteiger partial charge in [0.1, 0.15) is 5.75 Å². The van der Waals surface area contributed by atoms with Crippen molar-refractivity contribution in [2.45, 2.75) is 19.6 Å². The maximum absolute atomic E-state index is 10.4. The van der Waals surface area contributed by atoms with E-state index in [0.29, 0.717) is 18.8 Å². The Bertz CT molecular complexity index is 371. The lowest BCUT2D eigenvalue weighted by molar-refractivity contribution is -0.139. The number of halogens is 1. The van der Waals surface area contributed by atoms with Crippen molar-refractivity contribution in [3.8, 4) is 5.75 Å². The molecule has 1 atom stereocenters. The van der Waals surface area contributed by atoms with E-state index in [2.05, 4.69) is 5.32 Å². The minimum absolute atomic E-state index is 0. The fraction of sp³-hybridized carbons (Fsp3) is 0.417. The van der Waals surface area contributed by atoms with Crippen LogP contribution >= 0.6 is 12.4 Å². The van der Waals surface area contributed by atoms with Crippen LogP contribution in [0.2, 0.25) is 0 Å². The summed E-state index contributed by atoms with van der Waals surface area (Å²) in [4.78, 5) is 10.4. The molecule has 0 bridgehead atoms. The van der Waals surface area contributed by atoms with E-state index < -0.39 is 12.1 Å². The van der Waals surface area contributed by atoms with Crippen LogP contribution in [-0.4, -0.2) is 35.4 Å². The van der Waals surface area contributed by atoms with Gasteiger partial charge in [0, 0.05) is 18.7 Å². The molecule has 1 unspecified atom stereocenters. The molecule has 18 heavy (non-hydrogen) atoms. The first-order valence-corrected chi connectivity index (χ1v) is 5.41. The van der Waals surface area contributed by atoms with Gasteiger partial charge >= 0.3 is 5.97 Å². The summed E-state index contributed by atoms with van der Waals surface area (Å²) in [5, 5.41) is 20.7. The van der Waals surface area contributed by atoms with E-state index in [-0.39, 0.29) is 19.0 Å². The number of aliphatic hydroxyl groups excluding tert-OH is 1. The number of aliphatic hydroxyl groups is 1. The highest BCUT2D eigenvalue weighted by molar-refractivity contribution is 5.85. The third-order valence-electron chi connectivity index (χ3n) is 2.08. The standard InChI is InChI=1S/C12H17NO4.ClH/c1-9(14)6-13-7-10-4-2-3-5-11(10)17-8-12(15)16;/h2-5,9,13-14H,6-8H2,1H3,(H,15,16);1H. The Morgan fingerprint density at radius 2 is 2.11 bits per heavy atom.